The molecule has 0 saturated heterocycles. The molecule has 3 rings (SSSR count). The minimum atomic E-state index is -4.48. The van der Waals surface area contributed by atoms with E-state index in [-0.39, 0.29) is 10.8 Å². The lowest BCUT2D eigenvalue weighted by Crippen LogP contribution is -2.08. The zero-order valence-electron chi connectivity index (χ0n) is 10.2. The summed E-state index contributed by atoms with van der Waals surface area (Å²) in [5, 5.41) is 4.84. The zero-order chi connectivity index (χ0) is 15.2. The van der Waals surface area contributed by atoms with Crippen LogP contribution in [0.3, 0.4) is 0 Å². The number of halogens is 5. The van der Waals surface area contributed by atoms with Gasteiger partial charge < -0.3 is 0 Å². The Morgan fingerprint density at radius 1 is 1.14 bits per heavy atom. The van der Waals surface area contributed by atoms with Gasteiger partial charge >= 0.3 is 6.18 Å². The van der Waals surface area contributed by atoms with Crippen LogP contribution in [0.5, 0.6) is 0 Å². The lowest BCUT2D eigenvalue weighted by molar-refractivity contribution is -0.137. The number of hydrogen-bond acceptors (Lipinski definition) is 2. The monoisotopic (exact) mass is 375 g/mol. The maximum Gasteiger partial charge on any atom is 0.417 e. The van der Waals surface area contributed by atoms with Crippen LogP contribution in [0.2, 0.25) is 5.02 Å². The van der Waals surface area contributed by atoms with Crippen molar-refractivity contribution >= 4 is 38.4 Å². The lowest BCUT2D eigenvalue weighted by Gasteiger charge is -2.09. The SMILES string of the molecule is FC(F)(F)c1cnc(-n2ncc3cc(Br)ccc32)c(Cl)c1. The van der Waals surface area contributed by atoms with E-state index in [2.05, 4.69) is 26.0 Å². The summed E-state index contributed by atoms with van der Waals surface area (Å²) < 4.78 is 40.1. The van der Waals surface area contributed by atoms with Gasteiger partial charge in [-0.15, -0.1) is 0 Å². The predicted molar refractivity (Wildman–Crippen MR) is 76.6 cm³/mol. The summed E-state index contributed by atoms with van der Waals surface area (Å²) in [6, 6.07) is 6.27. The Balaban J connectivity index is 2.15. The second-order valence-electron chi connectivity index (χ2n) is 4.29. The van der Waals surface area contributed by atoms with Crippen LogP contribution >= 0.6 is 27.5 Å². The number of benzene rings is 1. The number of rotatable bonds is 1. The van der Waals surface area contributed by atoms with Crippen molar-refractivity contribution in [3.63, 3.8) is 0 Å². The van der Waals surface area contributed by atoms with Gasteiger partial charge in [-0.2, -0.15) is 18.3 Å². The van der Waals surface area contributed by atoms with Crippen molar-refractivity contribution in [2.45, 2.75) is 6.18 Å². The molecule has 0 saturated carbocycles. The van der Waals surface area contributed by atoms with E-state index in [0.29, 0.717) is 5.52 Å². The molecule has 3 aromatic rings. The van der Waals surface area contributed by atoms with Crippen molar-refractivity contribution in [2.75, 3.05) is 0 Å². The topological polar surface area (TPSA) is 30.7 Å². The number of pyridine rings is 1. The van der Waals surface area contributed by atoms with Crippen molar-refractivity contribution < 1.29 is 13.2 Å². The first-order valence-electron chi connectivity index (χ1n) is 5.72. The fourth-order valence-electron chi connectivity index (χ4n) is 1.91. The molecule has 0 aliphatic rings. The number of fused-ring (bicyclic) bond motifs is 1. The third-order valence-electron chi connectivity index (χ3n) is 2.88. The maximum absolute atomic E-state index is 12.6. The van der Waals surface area contributed by atoms with Gasteiger partial charge in [0.05, 0.1) is 22.3 Å². The summed E-state index contributed by atoms with van der Waals surface area (Å²) in [5.74, 6) is 0.155. The first kappa shape index (κ1) is 14.3. The standard InChI is InChI=1S/C13H6BrClF3N3/c14-9-1-2-11-7(3-9)5-20-21(11)12-10(15)4-8(6-19-12)13(16,17)18/h1-6H. The molecule has 0 aliphatic carbocycles. The number of nitrogens with zero attached hydrogens (tertiary/aromatic N) is 3. The van der Waals surface area contributed by atoms with Crippen LogP contribution in [0, 0.1) is 0 Å². The van der Waals surface area contributed by atoms with Gasteiger partial charge in [-0.25, -0.2) is 9.67 Å². The van der Waals surface area contributed by atoms with Crippen LogP contribution in [0.15, 0.2) is 41.1 Å². The Morgan fingerprint density at radius 3 is 2.57 bits per heavy atom. The molecule has 1 aromatic carbocycles. The first-order chi connectivity index (χ1) is 9.86. The molecule has 0 unspecified atom stereocenters. The van der Waals surface area contributed by atoms with Gasteiger partial charge in [0, 0.05) is 16.1 Å². The van der Waals surface area contributed by atoms with E-state index in [1.807, 2.05) is 6.07 Å². The second kappa shape index (κ2) is 4.99. The van der Waals surface area contributed by atoms with Gasteiger partial charge in [0.15, 0.2) is 5.82 Å². The quantitative estimate of drug-likeness (QED) is 0.607. The summed E-state index contributed by atoms with van der Waals surface area (Å²) in [7, 11) is 0. The molecule has 8 heteroatoms. The smallest absolute Gasteiger partial charge is 0.235 e. The predicted octanol–water partition coefficient (Wildman–Crippen LogP) is 4.86. The van der Waals surface area contributed by atoms with Crippen molar-refractivity contribution in [3.05, 3.63) is 51.7 Å². The molecule has 21 heavy (non-hydrogen) atoms. The van der Waals surface area contributed by atoms with Crippen LogP contribution in [0.25, 0.3) is 16.7 Å². The van der Waals surface area contributed by atoms with Gasteiger partial charge in [-0.1, -0.05) is 27.5 Å². The Labute approximate surface area is 130 Å². The van der Waals surface area contributed by atoms with Crippen molar-refractivity contribution in [1.29, 1.82) is 0 Å². The Morgan fingerprint density at radius 2 is 1.90 bits per heavy atom. The van der Waals surface area contributed by atoms with Gasteiger partial charge in [0.2, 0.25) is 0 Å². The minimum Gasteiger partial charge on any atom is -0.235 e. The van der Waals surface area contributed by atoms with E-state index >= 15 is 0 Å². The molecule has 0 spiro atoms. The van der Waals surface area contributed by atoms with E-state index in [1.54, 1.807) is 18.3 Å². The Hall–Kier alpha value is -1.60. The summed E-state index contributed by atoms with van der Waals surface area (Å²) in [6.45, 7) is 0. The van der Waals surface area contributed by atoms with Gasteiger partial charge in [-0.05, 0) is 24.3 Å². The number of alkyl halides is 3. The molecular formula is C13H6BrClF3N3. The summed E-state index contributed by atoms with van der Waals surface area (Å²) in [5.41, 5.74) is -0.192. The normalized spacial score (nSPS) is 12.0. The summed E-state index contributed by atoms with van der Waals surface area (Å²) in [6.07, 6.45) is -2.14. The van der Waals surface area contributed by atoms with E-state index in [0.717, 1.165) is 22.1 Å². The molecule has 0 atom stereocenters. The highest BCUT2D eigenvalue weighted by Crippen LogP contribution is 2.32. The molecule has 2 aromatic heterocycles. The average Bonchev–Trinajstić information content (AvgIpc) is 2.80. The second-order valence-corrected chi connectivity index (χ2v) is 5.61. The molecule has 3 nitrogen and oxygen atoms in total. The molecule has 0 bridgehead atoms. The molecule has 0 aliphatic heterocycles. The average molecular weight is 377 g/mol. The number of aromatic nitrogens is 3. The van der Waals surface area contributed by atoms with Gasteiger partial charge in [0.1, 0.15) is 0 Å². The third kappa shape index (κ3) is 2.63. The Kier molecular flexibility index (Phi) is 3.41. The van der Waals surface area contributed by atoms with Gasteiger partial charge in [0.25, 0.3) is 0 Å². The Bertz CT molecular complexity index is 829. The van der Waals surface area contributed by atoms with E-state index in [1.165, 1.54) is 4.68 Å². The van der Waals surface area contributed by atoms with Crippen molar-refractivity contribution in [2.24, 2.45) is 0 Å². The van der Waals surface area contributed by atoms with E-state index in [9.17, 15) is 13.2 Å². The van der Waals surface area contributed by atoms with Crippen molar-refractivity contribution in [1.82, 2.24) is 14.8 Å². The highest BCUT2D eigenvalue weighted by molar-refractivity contribution is 9.10. The maximum atomic E-state index is 12.6. The molecule has 0 N–H and O–H groups in total. The van der Waals surface area contributed by atoms with Crippen LogP contribution in [0.4, 0.5) is 13.2 Å². The molecular weight excluding hydrogens is 371 g/mol. The van der Waals surface area contributed by atoms with Gasteiger partial charge in [-0.3, -0.25) is 0 Å². The van der Waals surface area contributed by atoms with Crippen LogP contribution in [-0.2, 0) is 6.18 Å². The fraction of sp³-hybridized carbons (Fsp3) is 0.0769. The molecule has 0 amide bonds. The highest BCUT2D eigenvalue weighted by Gasteiger charge is 2.31. The summed E-state index contributed by atoms with van der Waals surface area (Å²) >= 11 is 9.27. The molecule has 0 fully saturated rings. The zero-order valence-corrected chi connectivity index (χ0v) is 12.5. The first-order valence-corrected chi connectivity index (χ1v) is 6.90. The third-order valence-corrected chi connectivity index (χ3v) is 3.65. The highest BCUT2D eigenvalue weighted by atomic mass is 79.9. The molecule has 0 radical (unpaired) electrons. The van der Waals surface area contributed by atoms with Crippen LogP contribution < -0.4 is 0 Å². The molecule has 2 heterocycles. The minimum absolute atomic E-state index is 0.113. The fourth-order valence-corrected chi connectivity index (χ4v) is 2.54. The molecule has 108 valence electrons. The van der Waals surface area contributed by atoms with Crippen LogP contribution in [-0.4, -0.2) is 14.8 Å². The lowest BCUT2D eigenvalue weighted by atomic mass is 10.2. The largest absolute Gasteiger partial charge is 0.417 e. The van der Waals surface area contributed by atoms with Crippen molar-refractivity contribution in [3.8, 4) is 5.82 Å². The van der Waals surface area contributed by atoms with E-state index in [4.69, 9.17) is 11.6 Å². The summed E-state index contributed by atoms with van der Waals surface area (Å²) in [4.78, 5) is 3.80. The number of hydrogen-bond donors (Lipinski definition) is 0. The van der Waals surface area contributed by atoms with Crippen LogP contribution in [0.1, 0.15) is 5.56 Å². The van der Waals surface area contributed by atoms with E-state index < -0.39 is 11.7 Å².